The third-order valence-electron chi connectivity index (χ3n) is 3.51. The van der Waals surface area contributed by atoms with Crippen LogP contribution in [0.1, 0.15) is 35.0 Å². The molecule has 0 spiro atoms. The minimum atomic E-state index is -3.62. The molecular formula is C14H13N3O2S2. The number of aromatic nitrogens is 1. The van der Waals surface area contributed by atoms with Crippen molar-refractivity contribution in [3.63, 3.8) is 0 Å². The number of rotatable bonds is 3. The van der Waals surface area contributed by atoms with Crippen LogP contribution in [0, 0.1) is 11.3 Å². The lowest BCUT2D eigenvalue weighted by atomic mass is 9.95. The van der Waals surface area contributed by atoms with Crippen molar-refractivity contribution >= 4 is 21.4 Å². The molecule has 1 aliphatic rings. The first-order valence-electron chi connectivity index (χ1n) is 6.55. The summed E-state index contributed by atoms with van der Waals surface area (Å²) in [5.41, 5.74) is 1.28. The number of nitrogens with zero attached hydrogens (tertiary/aromatic N) is 2. The topological polar surface area (TPSA) is 82.8 Å². The fraction of sp³-hybridized carbons (Fsp3) is 0.286. The zero-order valence-electron chi connectivity index (χ0n) is 11.1. The van der Waals surface area contributed by atoms with Gasteiger partial charge in [0.25, 0.3) is 0 Å². The first kappa shape index (κ1) is 14.2. The molecule has 7 heteroatoms. The van der Waals surface area contributed by atoms with Gasteiger partial charge in [-0.2, -0.15) is 5.26 Å². The summed E-state index contributed by atoms with van der Waals surface area (Å²) in [4.78, 5) is 5.16. The van der Waals surface area contributed by atoms with Crippen molar-refractivity contribution in [2.75, 3.05) is 0 Å². The van der Waals surface area contributed by atoms with Gasteiger partial charge in [-0.1, -0.05) is 0 Å². The highest BCUT2D eigenvalue weighted by molar-refractivity contribution is 7.89. The maximum Gasteiger partial charge on any atom is 0.242 e. The molecular weight excluding hydrogens is 306 g/mol. The third-order valence-corrected chi connectivity index (χ3v) is 5.96. The van der Waals surface area contributed by atoms with Gasteiger partial charge in [-0.15, -0.1) is 11.3 Å². The highest BCUT2D eigenvalue weighted by Crippen LogP contribution is 2.34. The molecule has 1 N–H and O–H groups in total. The van der Waals surface area contributed by atoms with Crippen LogP contribution in [0.4, 0.5) is 0 Å². The molecule has 3 rings (SSSR count). The van der Waals surface area contributed by atoms with Crippen LogP contribution in [0.15, 0.2) is 34.7 Å². The summed E-state index contributed by atoms with van der Waals surface area (Å²) >= 11 is 1.67. The maximum atomic E-state index is 12.4. The van der Waals surface area contributed by atoms with Crippen molar-refractivity contribution in [1.82, 2.24) is 9.71 Å². The molecule has 0 radical (unpaired) electrons. The molecule has 0 saturated carbocycles. The van der Waals surface area contributed by atoms with E-state index in [9.17, 15) is 8.42 Å². The third kappa shape index (κ3) is 2.83. The average Bonchev–Trinajstić information content (AvgIpc) is 2.97. The Bertz CT molecular complexity index is 788. The zero-order valence-corrected chi connectivity index (χ0v) is 12.7. The van der Waals surface area contributed by atoms with Gasteiger partial charge in [-0.3, -0.25) is 0 Å². The molecule has 1 unspecified atom stereocenters. The first-order chi connectivity index (χ1) is 10.1. The molecule has 108 valence electrons. The first-order valence-corrected chi connectivity index (χ1v) is 8.91. The van der Waals surface area contributed by atoms with Gasteiger partial charge in [0.15, 0.2) is 0 Å². The zero-order chi connectivity index (χ0) is 14.9. The van der Waals surface area contributed by atoms with Crippen LogP contribution in [-0.2, 0) is 16.4 Å². The molecule has 2 heterocycles. The molecule has 0 aliphatic heterocycles. The van der Waals surface area contributed by atoms with Gasteiger partial charge in [0.05, 0.1) is 0 Å². The molecule has 1 atom stereocenters. The molecule has 1 aliphatic carbocycles. The lowest BCUT2D eigenvalue weighted by Crippen LogP contribution is -2.30. The Labute approximate surface area is 127 Å². The average molecular weight is 319 g/mol. The predicted octanol–water partition coefficient (Wildman–Crippen LogP) is 2.37. The molecule has 0 fully saturated rings. The summed E-state index contributed by atoms with van der Waals surface area (Å²) in [7, 11) is -3.62. The van der Waals surface area contributed by atoms with Crippen LogP contribution < -0.4 is 4.72 Å². The normalized spacial score (nSPS) is 18.0. The molecule has 2 aromatic rings. The number of hydrogen-bond donors (Lipinski definition) is 1. The molecule has 5 nitrogen and oxygen atoms in total. The Morgan fingerprint density at radius 2 is 2.24 bits per heavy atom. The van der Waals surface area contributed by atoms with Crippen molar-refractivity contribution in [2.24, 2.45) is 0 Å². The summed E-state index contributed by atoms with van der Waals surface area (Å²) in [5, 5.41) is 10.7. The molecule has 2 aromatic heterocycles. The second-order valence-corrected chi connectivity index (χ2v) is 7.57. The van der Waals surface area contributed by atoms with Crippen LogP contribution in [0.5, 0.6) is 0 Å². The molecule has 21 heavy (non-hydrogen) atoms. The van der Waals surface area contributed by atoms with Gasteiger partial charge in [-0.25, -0.2) is 18.1 Å². The van der Waals surface area contributed by atoms with Crippen LogP contribution in [-0.4, -0.2) is 13.4 Å². The summed E-state index contributed by atoms with van der Waals surface area (Å²) in [5.74, 6) is 0. The summed E-state index contributed by atoms with van der Waals surface area (Å²) in [6, 6.07) is 6.50. The van der Waals surface area contributed by atoms with E-state index >= 15 is 0 Å². The van der Waals surface area contributed by atoms with Crippen molar-refractivity contribution < 1.29 is 8.42 Å². The largest absolute Gasteiger partial charge is 0.244 e. The summed E-state index contributed by atoms with van der Waals surface area (Å²) < 4.78 is 27.5. The number of pyridine rings is 1. The fourth-order valence-electron chi connectivity index (χ4n) is 2.47. The van der Waals surface area contributed by atoms with Crippen molar-refractivity contribution in [3.8, 4) is 6.07 Å². The van der Waals surface area contributed by atoms with E-state index in [4.69, 9.17) is 5.26 Å². The number of aryl methyl sites for hydroxylation is 1. The van der Waals surface area contributed by atoms with E-state index < -0.39 is 10.0 Å². The fourth-order valence-corrected chi connectivity index (χ4v) is 4.65. The molecule has 0 saturated heterocycles. The SMILES string of the molecule is N#Cc1ccc(S(=O)(=O)NC2CCCc3sccc32)cn1. The smallest absolute Gasteiger partial charge is 0.242 e. The van der Waals surface area contributed by atoms with E-state index in [1.807, 2.05) is 17.5 Å². The maximum absolute atomic E-state index is 12.4. The minimum Gasteiger partial charge on any atom is -0.244 e. The molecule has 0 aromatic carbocycles. The van der Waals surface area contributed by atoms with E-state index in [0.29, 0.717) is 0 Å². The van der Waals surface area contributed by atoms with Crippen molar-refractivity contribution in [3.05, 3.63) is 45.9 Å². The van der Waals surface area contributed by atoms with Crippen LogP contribution >= 0.6 is 11.3 Å². The van der Waals surface area contributed by atoms with Gasteiger partial charge in [-0.05, 0) is 48.4 Å². The lowest BCUT2D eigenvalue weighted by molar-refractivity contribution is 0.511. The Balaban J connectivity index is 1.86. The van der Waals surface area contributed by atoms with E-state index in [1.165, 1.54) is 23.2 Å². The second kappa shape index (κ2) is 5.56. The predicted molar refractivity (Wildman–Crippen MR) is 79.3 cm³/mol. The van der Waals surface area contributed by atoms with E-state index in [1.54, 1.807) is 11.3 Å². The number of nitriles is 1. The van der Waals surface area contributed by atoms with E-state index in [2.05, 4.69) is 9.71 Å². The van der Waals surface area contributed by atoms with Gasteiger partial charge in [0.2, 0.25) is 10.0 Å². The number of fused-ring (bicyclic) bond motifs is 1. The quantitative estimate of drug-likeness (QED) is 0.941. The number of thiophene rings is 1. The number of sulfonamides is 1. The molecule has 0 amide bonds. The Kier molecular flexibility index (Phi) is 3.76. The summed E-state index contributed by atoms with van der Waals surface area (Å²) in [6.45, 7) is 0. The Morgan fingerprint density at radius 1 is 1.38 bits per heavy atom. The van der Waals surface area contributed by atoms with Crippen LogP contribution in [0.2, 0.25) is 0 Å². The lowest BCUT2D eigenvalue weighted by Gasteiger charge is -2.23. The van der Waals surface area contributed by atoms with Crippen molar-refractivity contribution in [2.45, 2.75) is 30.2 Å². The van der Waals surface area contributed by atoms with Gasteiger partial charge in [0, 0.05) is 17.1 Å². The Morgan fingerprint density at radius 3 is 2.95 bits per heavy atom. The minimum absolute atomic E-state index is 0.0869. The van der Waals surface area contributed by atoms with Crippen molar-refractivity contribution in [1.29, 1.82) is 5.26 Å². The molecule has 0 bridgehead atoms. The monoisotopic (exact) mass is 319 g/mol. The highest BCUT2D eigenvalue weighted by Gasteiger charge is 2.26. The van der Waals surface area contributed by atoms with E-state index in [-0.39, 0.29) is 16.6 Å². The van der Waals surface area contributed by atoms with Crippen LogP contribution in [0.25, 0.3) is 0 Å². The number of hydrogen-bond acceptors (Lipinski definition) is 5. The number of nitrogens with one attached hydrogen (secondary N) is 1. The Hall–Kier alpha value is -1.75. The van der Waals surface area contributed by atoms with Gasteiger partial charge >= 0.3 is 0 Å². The standard InChI is InChI=1S/C14H13N3O2S2/c15-8-10-4-5-11(9-16-10)21(18,19)17-13-2-1-3-14-12(13)6-7-20-14/h4-7,9,13,17H,1-3H2. The van der Waals surface area contributed by atoms with Gasteiger partial charge in [0.1, 0.15) is 16.7 Å². The highest BCUT2D eigenvalue weighted by atomic mass is 32.2. The second-order valence-electron chi connectivity index (χ2n) is 4.86. The van der Waals surface area contributed by atoms with Gasteiger partial charge < -0.3 is 0 Å². The van der Waals surface area contributed by atoms with E-state index in [0.717, 1.165) is 24.8 Å². The summed E-state index contributed by atoms with van der Waals surface area (Å²) in [6.07, 6.45) is 4.01. The van der Waals surface area contributed by atoms with Crippen LogP contribution in [0.3, 0.4) is 0 Å².